The molecule has 0 bridgehead atoms. The van der Waals surface area contributed by atoms with Gasteiger partial charge in [-0.1, -0.05) is 12.1 Å². The molecule has 1 N–H and O–H groups in total. The largest absolute Gasteiger partial charge is 0.497 e. The number of likely N-dealkylation sites (tertiary alicyclic amines) is 1. The molecule has 1 aromatic rings. The van der Waals surface area contributed by atoms with Gasteiger partial charge < -0.3 is 10.1 Å². The monoisotopic (exact) mass is 288 g/mol. The SMILES string of the molecule is COc1cccc(C2CCCN2CC(=O)NCC2CC2)c1. The second-order valence-electron chi connectivity index (χ2n) is 6.15. The first kappa shape index (κ1) is 14.4. The lowest BCUT2D eigenvalue weighted by Gasteiger charge is -2.24. The van der Waals surface area contributed by atoms with Crippen LogP contribution in [0.4, 0.5) is 0 Å². The van der Waals surface area contributed by atoms with E-state index in [9.17, 15) is 4.79 Å². The van der Waals surface area contributed by atoms with Crippen LogP contribution in [0.5, 0.6) is 5.75 Å². The molecule has 114 valence electrons. The fourth-order valence-electron chi connectivity index (χ4n) is 3.06. The van der Waals surface area contributed by atoms with Crippen LogP contribution in [-0.4, -0.2) is 37.6 Å². The van der Waals surface area contributed by atoms with Gasteiger partial charge in [0.05, 0.1) is 13.7 Å². The smallest absolute Gasteiger partial charge is 0.234 e. The number of nitrogens with zero attached hydrogens (tertiary/aromatic N) is 1. The van der Waals surface area contributed by atoms with Gasteiger partial charge in [0.25, 0.3) is 0 Å². The molecule has 1 heterocycles. The molecule has 4 nitrogen and oxygen atoms in total. The molecular formula is C17H24N2O2. The van der Waals surface area contributed by atoms with Crippen molar-refractivity contribution in [1.29, 1.82) is 0 Å². The van der Waals surface area contributed by atoms with Gasteiger partial charge >= 0.3 is 0 Å². The fourth-order valence-corrected chi connectivity index (χ4v) is 3.06. The van der Waals surface area contributed by atoms with Crippen LogP contribution >= 0.6 is 0 Å². The molecule has 1 aromatic carbocycles. The Kier molecular flexibility index (Phi) is 4.44. The zero-order valence-electron chi connectivity index (χ0n) is 12.7. The predicted octanol–water partition coefficient (Wildman–Crippen LogP) is 2.36. The van der Waals surface area contributed by atoms with Gasteiger partial charge in [-0.3, -0.25) is 9.69 Å². The van der Waals surface area contributed by atoms with Crippen molar-refractivity contribution in [2.24, 2.45) is 5.92 Å². The molecule has 2 aliphatic rings. The second kappa shape index (κ2) is 6.48. The Labute approximate surface area is 126 Å². The molecule has 1 atom stereocenters. The van der Waals surface area contributed by atoms with Crippen molar-refractivity contribution < 1.29 is 9.53 Å². The summed E-state index contributed by atoms with van der Waals surface area (Å²) in [5, 5.41) is 3.06. The summed E-state index contributed by atoms with van der Waals surface area (Å²) in [4.78, 5) is 14.3. The highest BCUT2D eigenvalue weighted by Gasteiger charge is 2.28. The molecule has 0 radical (unpaired) electrons. The number of hydrogen-bond acceptors (Lipinski definition) is 3. The normalized spacial score (nSPS) is 22.2. The van der Waals surface area contributed by atoms with Gasteiger partial charge in [-0.15, -0.1) is 0 Å². The number of benzene rings is 1. The molecule has 1 aliphatic carbocycles. The molecule has 0 spiro atoms. The van der Waals surface area contributed by atoms with Crippen molar-refractivity contribution in [3.63, 3.8) is 0 Å². The minimum Gasteiger partial charge on any atom is -0.497 e. The third kappa shape index (κ3) is 3.76. The van der Waals surface area contributed by atoms with Gasteiger partial charge in [0, 0.05) is 12.6 Å². The molecule has 3 rings (SSSR count). The quantitative estimate of drug-likeness (QED) is 0.873. The third-order valence-electron chi connectivity index (χ3n) is 4.47. The molecular weight excluding hydrogens is 264 g/mol. The molecule has 1 saturated carbocycles. The van der Waals surface area contributed by atoms with E-state index < -0.39 is 0 Å². The molecule has 1 amide bonds. The summed E-state index contributed by atoms with van der Waals surface area (Å²) in [6, 6.07) is 8.55. The van der Waals surface area contributed by atoms with Crippen molar-refractivity contribution in [2.75, 3.05) is 26.7 Å². The zero-order valence-corrected chi connectivity index (χ0v) is 12.7. The molecule has 0 aromatic heterocycles. The molecule has 1 aliphatic heterocycles. The lowest BCUT2D eigenvalue weighted by molar-refractivity contribution is -0.122. The van der Waals surface area contributed by atoms with E-state index in [1.54, 1.807) is 7.11 Å². The summed E-state index contributed by atoms with van der Waals surface area (Å²) < 4.78 is 5.30. The highest BCUT2D eigenvalue weighted by atomic mass is 16.5. The minimum atomic E-state index is 0.164. The van der Waals surface area contributed by atoms with Crippen molar-refractivity contribution in [3.8, 4) is 5.75 Å². The van der Waals surface area contributed by atoms with Crippen LogP contribution in [0.2, 0.25) is 0 Å². The Morgan fingerprint density at radius 1 is 1.38 bits per heavy atom. The first-order valence-corrected chi connectivity index (χ1v) is 7.91. The van der Waals surface area contributed by atoms with Crippen LogP contribution in [0, 0.1) is 5.92 Å². The Morgan fingerprint density at radius 2 is 2.24 bits per heavy atom. The number of nitrogens with one attached hydrogen (secondary N) is 1. The number of hydrogen-bond donors (Lipinski definition) is 1. The third-order valence-corrected chi connectivity index (χ3v) is 4.47. The Morgan fingerprint density at radius 3 is 3.00 bits per heavy atom. The zero-order chi connectivity index (χ0) is 14.7. The summed E-state index contributed by atoms with van der Waals surface area (Å²) in [6.07, 6.45) is 4.81. The van der Waals surface area contributed by atoms with E-state index >= 15 is 0 Å². The van der Waals surface area contributed by atoms with Crippen LogP contribution in [-0.2, 0) is 4.79 Å². The second-order valence-corrected chi connectivity index (χ2v) is 6.15. The van der Waals surface area contributed by atoms with E-state index in [1.807, 2.05) is 12.1 Å². The number of rotatable bonds is 6. The van der Waals surface area contributed by atoms with Crippen LogP contribution < -0.4 is 10.1 Å². The van der Waals surface area contributed by atoms with Crippen LogP contribution in [0.3, 0.4) is 0 Å². The predicted molar refractivity (Wildman–Crippen MR) is 82.3 cm³/mol. The topological polar surface area (TPSA) is 41.6 Å². The number of carbonyl (C=O) groups excluding carboxylic acids is 1. The van der Waals surface area contributed by atoms with Crippen molar-refractivity contribution >= 4 is 5.91 Å². The summed E-state index contributed by atoms with van der Waals surface area (Å²) in [7, 11) is 1.69. The molecule has 1 saturated heterocycles. The first-order chi connectivity index (χ1) is 10.3. The fraction of sp³-hybridized carbons (Fsp3) is 0.588. The van der Waals surface area contributed by atoms with Crippen molar-refractivity contribution in [3.05, 3.63) is 29.8 Å². The van der Waals surface area contributed by atoms with E-state index in [1.165, 1.54) is 18.4 Å². The average molecular weight is 288 g/mol. The van der Waals surface area contributed by atoms with Gasteiger partial charge in [-0.05, 0) is 55.8 Å². The summed E-state index contributed by atoms with van der Waals surface area (Å²) >= 11 is 0. The molecule has 2 fully saturated rings. The molecule has 21 heavy (non-hydrogen) atoms. The van der Waals surface area contributed by atoms with Crippen LogP contribution in [0.15, 0.2) is 24.3 Å². The summed E-state index contributed by atoms with van der Waals surface area (Å²) in [5.41, 5.74) is 1.25. The van der Waals surface area contributed by atoms with E-state index in [-0.39, 0.29) is 5.91 Å². The van der Waals surface area contributed by atoms with E-state index in [0.717, 1.165) is 37.6 Å². The number of amides is 1. The van der Waals surface area contributed by atoms with Gasteiger partial charge in [-0.25, -0.2) is 0 Å². The number of carbonyl (C=O) groups is 1. The number of methoxy groups -OCH3 is 1. The van der Waals surface area contributed by atoms with Gasteiger partial charge in [0.2, 0.25) is 5.91 Å². The van der Waals surface area contributed by atoms with Crippen LogP contribution in [0.25, 0.3) is 0 Å². The Balaban J connectivity index is 1.59. The van der Waals surface area contributed by atoms with Gasteiger partial charge in [0.15, 0.2) is 0 Å². The average Bonchev–Trinajstić information content (AvgIpc) is 3.23. The van der Waals surface area contributed by atoms with Gasteiger partial charge in [-0.2, -0.15) is 0 Å². The lowest BCUT2D eigenvalue weighted by atomic mass is 10.0. The highest BCUT2D eigenvalue weighted by Crippen LogP contribution is 2.33. The van der Waals surface area contributed by atoms with Gasteiger partial charge in [0.1, 0.15) is 5.75 Å². The minimum absolute atomic E-state index is 0.164. The summed E-state index contributed by atoms with van der Waals surface area (Å²) in [6.45, 7) is 2.36. The van der Waals surface area contributed by atoms with E-state index in [4.69, 9.17) is 4.74 Å². The Bertz CT molecular complexity index is 499. The standard InChI is InChI=1S/C17H24N2O2/c1-21-15-5-2-4-14(10-15)16-6-3-9-19(16)12-17(20)18-11-13-7-8-13/h2,4-5,10,13,16H,3,6-9,11-12H2,1H3,(H,18,20). The Hall–Kier alpha value is -1.55. The summed E-state index contributed by atoms with van der Waals surface area (Å²) in [5.74, 6) is 1.79. The van der Waals surface area contributed by atoms with E-state index in [2.05, 4.69) is 22.3 Å². The highest BCUT2D eigenvalue weighted by molar-refractivity contribution is 5.78. The van der Waals surface area contributed by atoms with Crippen molar-refractivity contribution in [1.82, 2.24) is 10.2 Å². The molecule has 1 unspecified atom stereocenters. The first-order valence-electron chi connectivity index (χ1n) is 7.91. The maximum absolute atomic E-state index is 12.1. The van der Waals surface area contributed by atoms with E-state index in [0.29, 0.717) is 12.6 Å². The molecule has 4 heteroatoms. The number of ether oxygens (including phenoxy) is 1. The lowest BCUT2D eigenvalue weighted by Crippen LogP contribution is -2.37. The van der Waals surface area contributed by atoms with Crippen LogP contribution in [0.1, 0.15) is 37.3 Å². The maximum atomic E-state index is 12.1. The maximum Gasteiger partial charge on any atom is 0.234 e. The van der Waals surface area contributed by atoms with Crippen molar-refractivity contribution in [2.45, 2.75) is 31.7 Å².